The summed E-state index contributed by atoms with van der Waals surface area (Å²) in [5.74, 6) is -1.03. The minimum absolute atomic E-state index is 0.0505. The van der Waals surface area contributed by atoms with Gasteiger partial charge in [0.1, 0.15) is 5.01 Å². The summed E-state index contributed by atoms with van der Waals surface area (Å²) in [6.45, 7) is 2.06. The topological polar surface area (TPSA) is 68.0 Å². The van der Waals surface area contributed by atoms with Crippen molar-refractivity contribution in [3.8, 4) is 22.5 Å². The fourth-order valence-electron chi connectivity index (χ4n) is 3.04. The van der Waals surface area contributed by atoms with Gasteiger partial charge in [-0.25, -0.2) is 14.5 Å². The molecule has 2 aromatic heterocycles. The second-order valence-corrected chi connectivity index (χ2v) is 7.08. The van der Waals surface area contributed by atoms with E-state index in [9.17, 15) is 4.79 Å². The van der Waals surface area contributed by atoms with Crippen LogP contribution in [0.25, 0.3) is 34.8 Å². The van der Waals surface area contributed by atoms with E-state index in [1.54, 1.807) is 6.08 Å². The molecule has 0 saturated carbocycles. The smallest absolute Gasteiger partial charge is 0.355 e. The molecular weight excluding hydrogens is 370 g/mol. The number of thiazole rings is 1. The zero-order valence-electron chi connectivity index (χ0n) is 15.1. The lowest BCUT2D eigenvalue weighted by atomic mass is 10.0. The molecule has 6 heteroatoms. The first kappa shape index (κ1) is 17.9. The van der Waals surface area contributed by atoms with Crippen LogP contribution < -0.4 is 0 Å². The fraction of sp³-hybridized carbons (Fsp3) is 0.0455. The maximum atomic E-state index is 11.0. The lowest BCUT2D eigenvalue weighted by Gasteiger charge is -2.04. The van der Waals surface area contributed by atoms with Gasteiger partial charge in [0.25, 0.3) is 0 Å². The van der Waals surface area contributed by atoms with Crippen LogP contribution in [-0.4, -0.2) is 25.8 Å². The molecule has 0 aliphatic carbocycles. The summed E-state index contributed by atoms with van der Waals surface area (Å²) < 4.78 is 1.83. The molecule has 0 radical (unpaired) electrons. The van der Waals surface area contributed by atoms with Crippen molar-refractivity contribution in [1.29, 1.82) is 0 Å². The molecule has 4 rings (SSSR count). The highest BCUT2D eigenvalue weighted by molar-refractivity contribution is 7.10. The molecule has 0 atom stereocenters. The number of aromatic nitrogens is 3. The molecule has 1 N–H and O–H groups in total. The van der Waals surface area contributed by atoms with E-state index in [1.165, 1.54) is 16.7 Å². The Morgan fingerprint density at radius 3 is 2.29 bits per heavy atom. The summed E-state index contributed by atoms with van der Waals surface area (Å²) >= 11 is 1.29. The van der Waals surface area contributed by atoms with Gasteiger partial charge in [0.15, 0.2) is 5.69 Å². The second kappa shape index (κ2) is 7.62. The molecule has 0 saturated heterocycles. The number of carboxylic acids is 1. The van der Waals surface area contributed by atoms with Gasteiger partial charge < -0.3 is 5.11 Å². The molecule has 138 valence electrons. The largest absolute Gasteiger partial charge is 0.476 e. The third kappa shape index (κ3) is 3.50. The molecule has 5 nitrogen and oxygen atoms in total. The van der Waals surface area contributed by atoms with E-state index in [2.05, 4.69) is 24.0 Å². The highest BCUT2D eigenvalue weighted by Gasteiger charge is 2.16. The minimum atomic E-state index is -1.03. The summed E-state index contributed by atoms with van der Waals surface area (Å²) in [6, 6.07) is 20.1. The van der Waals surface area contributed by atoms with Crippen LogP contribution >= 0.6 is 11.3 Å². The SMILES string of the molecule is Cc1c(-c2ccccc2)nn(/C=C\c2nc(C(=O)O)cs2)c1-c1ccccc1. The van der Waals surface area contributed by atoms with Crippen LogP contribution in [0.5, 0.6) is 0 Å². The van der Waals surface area contributed by atoms with E-state index in [1.807, 2.05) is 59.4 Å². The monoisotopic (exact) mass is 387 g/mol. The number of hydrogen-bond donors (Lipinski definition) is 1. The van der Waals surface area contributed by atoms with E-state index in [-0.39, 0.29) is 5.69 Å². The number of benzene rings is 2. The summed E-state index contributed by atoms with van der Waals surface area (Å²) in [6.07, 6.45) is 3.61. The van der Waals surface area contributed by atoms with Gasteiger partial charge in [0, 0.05) is 28.3 Å². The maximum Gasteiger partial charge on any atom is 0.355 e. The van der Waals surface area contributed by atoms with Crippen molar-refractivity contribution < 1.29 is 9.90 Å². The Morgan fingerprint density at radius 1 is 1.04 bits per heavy atom. The van der Waals surface area contributed by atoms with Gasteiger partial charge in [-0.2, -0.15) is 5.10 Å². The van der Waals surface area contributed by atoms with E-state index in [0.717, 1.165) is 28.1 Å². The molecule has 4 aromatic rings. The van der Waals surface area contributed by atoms with Gasteiger partial charge in [-0.3, -0.25) is 0 Å². The standard InChI is InChI=1S/C22H17N3O2S/c1-15-20(16-8-4-2-5-9-16)24-25(21(15)17-10-6-3-7-11-17)13-12-19-23-18(14-28-19)22(26)27/h2-14H,1H3,(H,26,27)/b13-12-. The summed E-state index contributed by atoms with van der Waals surface area (Å²) in [7, 11) is 0. The van der Waals surface area contributed by atoms with Crippen LogP contribution in [0.3, 0.4) is 0 Å². The van der Waals surface area contributed by atoms with Crippen LogP contribution in [0.2, 0.25) is 0 Å². The summed E-state index contributed by atoms with van der Waals surface area (Å²) in [5.41, 5.74) is 5.14. The third-order valence-corrected chi connectivity index (χ3v) is 5.15. The Bertz CT molecular complexity index is 1150. The van der Waals surface area contributed by atoms with Crippen LogP contribution in [-0.2, 0) is 0 Å². The number of nitrogens with zero attached hydrogens (tertiary/aromatic N) is 3. The first-order valence-electron chi connectivity index (χ1n) is 8.70. The molecule has 28 heavy (non-hydrogen) atoms. The molecule has 0 amide bonds. The summed E-state index contributed by atoms with van der Waals surface area (Å²) in [4.78, 5) is 15.1. The van der Waals surface area contributed by atoms with Gasteiger partial charge in [-0.05, 0) is 13.0 Å². The molecule has 2 aromatic carbocycles. The quantitative estimate of drug-likeness (QED) is 0.504. The third-order valence-electron chi connectivity index (χ3n) is 4.34. The lowest BCUT2D eigenvalue weighted by molar-refractivity contribution is 0.0691. The predicted octanol–water partition coefficient (Wildman–Crippen LogP) is 5.31. The Morgan fingerprint density at radius 2 is 1.68 bits per heavy atom. The first-order valence-corrected chi connectivity index (χ1v) is 9.58. The van der Waals surface area contributed by atoms with E-state index in [0.29, 0.717) is 5.01 Å². The van der Waals surface area contributed by atoms with Crippen LogP contribution in [0.15, 0.2) is 66.0 Å². The number of carbonyl (C=O) groups is 1. The number of rotatable bonds is 5. The second-order valence-electron chi connectivity index (χ2n) is 6.19. The van der Waals surface area contributed by atoms with Crippen LogP contribution in [0, 0.1) is 6.92 Å². The van der Waals surface area contributed by atoms with Gasteiger partial charge in [0.05, 0.1) is 11.4 Å². The van der Waals surface area contributed by atoms with Crippen molar-refractivity contribution in [3.63, 3.8) is 0 Å². The van der Waals surface area contributed by atoms with E-state index >= 15 is 0 Å². The molecule has 0 aliphatic heterocycles. The Hall–Kier alpha value is -3.51. The zero-order chi connectivity index (χ0) is 19.5. The van der Waals surface area contributed by atoms with Crippen molar-refractivity contribution in [3.05, 3.63) is 82.3 Å². The average molecular weight is 387 g/mol. The Kier molecular flexibility index (Phi) is 4.87. The van der Waals surface area contributed by atoms with Crippen molar-refractivity contribution in [1.82, 2.24) is 14.8 Å². The molecule has 0 spiro atoms. The van der Waals surface area contributed by atoms with Crippen molar-refractivity contribution in [2.24, 2.45) is 0 Å². The molecule has 0 fully saturated rings. The van der Waals surface area contributed by atoms with E-state index in [4.69, 9.17) is 10.2 Å². The van der Waals surface area contributed by atoms with Gasteiger partial charge in [-0.1, -0.05) is 60.7 Å². The van der Waals surface area contributed by atoms with Gasteiger partial charge >= 0.3 is 5.97 Å². The Labute approximate surface area is 166 Å². The molecule has 0 unspecified atom stereocenters. The van der Waals surface area contributed by atoms with Crippen molar-refractivity contribution in [2.75, 3.05) is 0 Å². The normalized spacial score (nSPS) is 11.2. The zero-order valence-corrected chi connectivity index (χ0v) is 15.9. The highest BCUT2D eigenvalue weighted by atomic mass is 32.1. The Balaban J connectivity index is 1.81. The van der Waals surface area contributed by atoms with Gasteiger partial charge in [-0.15, -0.1) is 11.3 Å². The van der Waals surface area contributed by atoms with Crippen LogP contribution in [0.4, 0.5) is 0 Å². The molecular formula is C22H17N3O2S. The van der Waals surface area contributed by atoms with E-state index < -0.39 is 5.97 Å². The first-order chi connectivity index (χ1) is 13.6. The lowest BCUT2D eigenvalue weighted by Crippen LogP contribution is -1.96. The molecule has 0 aliphatic rings. The van der Waals surface area contributed by atoms with Crippen molar-refractivity contribution >= 4 is 29.6 Å². The molecule has 0 bridgehead atoms. The van der Waals surface area contributed by atoms with Gasteiger partial charge in [0.2, 0.25) is 0 Å². The number of hydrogen-bond acceptors (Lipinski definition) is 4. The highest BCUT2D eigenvalue weighted by Crippen LogP contribution is 2.32. The minimum Gasteiger partial charge on any atom is -0.476 e. The number of carboxylic acid groups (broad SMARTS) is 1. The number of aromatic carboxylic acids is 1. The predicted molar refractivity (Wildman–Crippen MR) is 112 cm³/mol. The van der Waals surface area contributed by atoms with Crippen molar-refractivity contribution in [2.45, 2.75) is 6.92 Å². The summed E-state index contributed by atoms with van der Waals surface area (Å²) in [5, 5.41) is 16.0. The average Bonchev–Trinajstić information content (AvgIpc) is 3.32. The fourth-order valence-corrected chi connectivity index (χ4v) is 3.71. The molecule has 2 heterocycles. The maximum absolute atomic E-state index is 11.0. The van der Waals surface area contributed by atoms with Crippen LogP contribution in [0.1, 0.15) is 21.1 Å².